The number of H-pyrrole nitrogens is 1. The molecule has 2 heterocycles. The molecule has 2 amide bonds. The number of benzene rings is 2. The van der Waals surface area contributed by atoms with Crippen LogP contribution in [0.5, 0.6) is 0 Å². The molecule has 1 aromatic heterocycles. The third-order valence-electron chi connectivity index (χ3n) is 7.79. The van der Waals surface area contributed by atoms with Gasteiger partial charge in [0, 0.05) is 17.3 Å². The summed E-state index contributed by atoms with van der Waals surface area (Å²) in [6.45, 7) is 2.01. The number of aryl methyl sites for hydroxylation is 1. The topological polar surface area (TPSA) is 53.2 Å². The van der Waals surface area contributed by atoms with E-state index in [2.05, 4.69) is 29.2 Å². The number of nitrogens with zero attached hydrogens (tertiary/aromatic N) is 1. The summed E-state index contributed by atoms with van der Waals surface area (Å²) in [6, 6.07) is 18.2. The molecule has 6 rings (SSSR count). The Bertz CT molecular complexity index is 1200. The average Bonchev–Trinajstić information content (AvgIpc) is 3.32. The number of carbonyl (C=O) groups is 2. The molecule has 0 spiro atoms. The Morgan fingerprint density at radius 2 is 1.72 bits per heavy atom. The summed E-state index contributed by atoms with van der Waals surface area (Å²) >= 11 is 0. The van der Waals surface area contributed by atoms with Crippen molar-refractivity contribution in [3.63, 3.8) is 0 Å². The maximum absolute atomic E-state index is 13.8. The van der Waals surface area contributed by atoms with Crippen LogP contribution >= 0.6 is 0 Å². The first-order chi connectivity index (χ1) is 15.5. The van der Waals surface area contributed by atoms with Gasteiger partial charge in [0.25, 0.3) is 0 Å². The quantitative estimate of drug-likeness (QED) is 0.555. The minimum absolute atomic E-state index is 0.103. The average molecular weight is 429 g/mol. The molecule has 5 atom stereocenters. The van der Waals surface area contributed by atoms with Crippen molar-refractivity contribution in [2.45, 2.75) is 43.9 Å². The minimum atomic E-state index is -0.469. The Balaban J connectivity index is 1.44. The molecule has 3 aromatic rings. The first kappa shape index (κ1) is 19.5. The van der Waals surface area contributed by atoms with Crippen molar-refractivity contribution in [2.75, 3.05) is 4.90 Å². The number of hydrogen-bond donors (Lipinski definition) is 1. The minimum Gasteiger partial charge on any atom is -0.362 e. The third kappa shape index (κ3) is 2.80. The zero-order chi connectivity index (χ0) is 22.0. The van der Waals surface area contributed by atoms with Crippen LogP contribution in [0.4, 0.5) is 10.1 Å². The molecule has 32 heavy (non-hydrogen) atoms. The van der Waals surface area contributed by atoms with E-state index in [0.717, 1.165) is 36.2 Å². The normalized spacial score (nSPS) is 28.9. The maximum Gasteiger partial charge on any atom is 0.242 e. The lowest BCUT2D eigenvalue weighted by atomic mass is 9.59. The number of carbonyl (C=O) groups excluding carboxylic acids is 2. The van der Waals surface area contributed by atoms with E-state index in [0.29, 0.717) is 11.6 Å². The zero-order valence-electron chi connectivity index (χ0n) is 17.9. The van der Waals surface area contributed by atoms with Crippen LogP contribution < -0.4 is 4.90 Å². The van der Waals surface area contributed by atoms with Gasteiger partial charge in [0.15, 0.2) is 0 Å². The highest BCUT2D eigenvalue weighted by molar-refractivity contribution is 6.24. The van der Waals surface area contributed by atoms with Crippen LogP contribution in [0, 0.1) is 24.6 Å². The van der Waals surface area contributed by atoms with Crippen molar-refractivity contribution in [2.24, 2.45) is 11.8 Å². The number of imide groups is 1. The second kappa shape index (κ2) is 7.16. The Morgan fingerprint density at radius 1 is 0.969 bits per heavy atom. The van der Waals surface area contributed by atoms with Crippen molar-refractivity contribution >= 4 is 17.5 Å². The molecule has 2 aliphatic carbocycles. The van der Waals surface area contributed by atoms with Crippen molar-refractivity contribution in [3.8, 4) is 0 Å². The Kier molecular flexibility index (Phi) is 4.36. The van der Waals surface area contributed by atoms with E-state index < -0.39 is 5.92 Å². The molecule has 5 heteroatoms. The van der Waals surface area contributed by atoms with Crippen molar-refractivity contribution in [1.82, 2.24) is 4.98 Å². The summed E-state index contributed by atoms with van der Waals surface area (Å²) in [6.07, 6.45) is 2.96. The molecule has 162 valence electrons. The smallest absolute Gasteiger partial charge is 0.242 e. The number of amides is 2. The van der Waals surface area contributed by atoms with Gasteiger partial charge in [-0.15, -0.1) is 0 Å². The van der Waals surface area contributed by atoms with E-state index in [9.17, 15) is 14.0 Å². The molecule has 1 aliphatic heterocycles. The van der Waals surface area contributed by atoms with Gasteiger partial charge >= 0.3 is 0 Å². The van der Waals surface area contributed by atoms with Gasteiger partial charge in [0.05, 0.1) is 17.5 Å². The van der Waals surface area contributed by atoms with E-state index in [1.807, 2.05) is 19.1 Å². The van der Waals surface area contributed by atoms with Gasteiger partial charge < -0.3 is 4.98 Å². The van der Waals surface area contributed by atoms with Crippen LogP contribution in [-0.4, -0.2) is 16.8 Å². The van der Waals surface area contributed by atoms with Gasteiger partial charge in [0.2, 0.25) is 11.8 Å². The van der Waals surface area contributed by atoms with Crippen molar-refractivity contribution in [1.29, 1.82) is 0 Å². The molecule has 3 aliphatic rings. The van der Waals surface area contributed by atoms with Gasteiger partial charge in [-0.3, -0.25) is 9.59 Å². The molecule has 1 saturated carbocycles. The van der Waals surface area contributed by atoms with Crippen LogP contribution in [0.1, 0.15) is 59.5 Å². The lowest BCUT2D eigenvalue weighted by molar-refractivity contribution is -0.123. The fourth-order valence-corrected chi connectivity index (χ4v) is 6.48. The van der Waals surface area contributed by atoms with Crippen LogP contribution in [0.15, 0.2) is 60.7 Å². The first-order valence-electron chi connectivity index (χ1n) is 11.4. The summed E-state index contributed by atoms with van der Waals surface area (Å²) in [5.74, 6) is -0.802. The highest BCUT2D eigenvalue weighted by Gasteiger charge is 2.58. The fraction of sp³-hybridized carbons (Fsp3) is 0.333. The monoisotopic (exact) mass is 428 g/mol. The van der Waals surface area contributed by atoms with E-state index in [4.69, 9.17) is 0 Å². The summed E-state index contributed by atoms with van der Waals surface area (Å²) < 4.78 is 13.5. The Hall–Kier alpha value is -3.21. The molecular weight excluding hydrogens is 403 g/mol. The molecule has 1 saturated heterocycles. The molecule has 0 bridgehead atoms. The standard InChI is InChI=1S/C27H25FN2O2/c1-15-13-22-24-23(26(31)30(27(24)32)19-10-8-18(28)9-11-19)21-14-17(16-5-3-2-4-6-16)7-12-20(21)25(22)29-15/h2-6,8-11,13,17,20-21,23-24,29H,7,12,14H2,1H3/t17?,20-,21+,23+,24-/m1/s1. The Labute approximate surface area is 186 Å². The molecule has 0 radical (unpaired) electrons. The second-order valence-electron chi connectivity index (χ2n) is 9.50. The predicted octanol–water partition coefficient (Wildman–Crippen LogP) is 5.42. The van der Waals surface area contributed by atoms with Crippen LogP contribution in [-0.2, 0) is 9.59 Å². The number of hydrogen-bond acceptors (Lipinski definition) is 2. The van der Waals surface area contributed by atoms with E-state index in [-0.39, 0.29) is 35.4 Å². The molecule has 1 N–H and O–H groups in total. The summed E-state index contributed by atoms with van der Waals surface area (Å²) in [5, 5.41) is 0. The highest BCUT2D eigenvalue weighted by Crippen LogP contribution is 2.58. The summed E-state index contributed by atoms with van der Waals surface area (Å²) in [5.41, 5.74) is 4.91. The SMILES string of the molecule is Cc1cc2c([nH]1)[C@@H]1CCC(c3ccccc3)C[C@@H]1[C@@H]1C(=O)N(c3ccc(F)cc3)C(=O)[C@H]21. The van der Waals surface area contributed by atoms with Crippen LogP contribution in [0.3, 0.4) is 0 Å². The molecule has 2 fully saturated rings. The molecule has 1 unspecified atom stereocenters. The van der Waals surface area contributed by atoms with Gasteiger partial charge in [-0.2, -0.15) is 0 Å². The summed E-state index contributed by atoms with van der Waals surface area (Å²) in [7, 11) is 0. The van der Waals surface area contributed by atoms with Gasteiger partial charge in [-0.05, 0) is 79.5 Å². The van der Waals surface area contributed by atoms with E-state index in [1.165, 1.54) is 34.7 Å². The number of aromatic nitrogens is 1. The van der Waals surface area contributed by atoms with Crippen molar-refractivity contribution < 1.29 is 14.0 Å². The van der Waals surface area contributed by atoms with Gasteiger partial charge in [-0.25, -0.2) is 9.29 Å². The van der Waals surface area contributed by atoms with E-state index >= 15 is 0 Å². The number of halogens is 1. The highest BCUT2D eigenvalue weighted by atomic mass is 19.1. The van der Waals surface area contributed by atoms with Crippen molar-refractivity contribution in [3.05, 3.63) is 89.0 Å². The van der Waals surface area contributed by atoms with E-state index in [1.54, 1.807) is 0 Å². The fourth-order valence-electron chi connectivity index (χ4n) is 6.48. The molecule has 4 nitrogen and oxygen atoms in total. The molecule has 2 aromatic carbocycles. The lowest BCUT2D eigenvalue weighted by Gasteiger charge is -2.43. The lowest BCUT2D eigenvalue weighted by Crippen LogP contribution is -2.39. The third-order valence-corrected chi connectivity index (χ3v) is 7.79. The number of anilines is 1. The molecular formula is C27H25FN2O2. The Morgan fingerprint density at radius 3 is 2.47 bits per heavy atom. The van der Waals surface area contributed by atoms with Gasteiger partial charge in [0.1, 0.15) is 5.82 Å². The maximum atomic E-state index is 13.8. The van der Waals surface area contributed by atoms with Crippen LogP contribution in [0.2, 0.25) is 0 Å². The number of aromatic amines is 1. The predicted molar refractivity (Wildman–Crippen MR) is 120 cm³/mol. The number of nitrogens with one attached hydrogen (secondary N) is 1. The number of rotatable bonds is 2. The second-order valence-corrected chi connectivity index (χ2v) is 9.50. The van der Waals surface area contributed by atoms with Crippen LogP contribution in [0.25, 0.3) is 0 Å². The summed E-state index contributed by atoms with van der Waals surface area (Å²) in [4.78, 5) is 32.2. The largest absolute Gasteiger partial charge is 0.362 e. The zero-order valence-corrected chi connectivity index (χ0v) is 17.9. The number of fused-ring (bicyclic) bond motifs is 6. The van der Waals surface area contributed by atoms with Gasteiger partial charge in [-0.1, -0.05) is 30.3 Å². The first-order valence-corrected chi connectivity index (χ1v) is 11.4.